The highest BCUT2D eigenvalue weighted by Crippen LogP contribution is 2.45. The summed E-state index contributed by atoms with van der Waals surface area (Å²) in [6.07, 6.45) is 0. The van der Waals surface area contributed by atoms with Crippen LogP contribution in [0.3, 0.4) is 0 Å². The summed E-state index contributed by atoms with van der Waals surface area (Å²) in [4.78, 5) is 36.9. The fourth-order valence-corrected chi connectivity index (χ4v) is 9.07. The van der Waals surface area contributed by atoms with Crippen LogP contribution in [0.5, 0.6) is 0 Å². The lowest BCUT2D eigenvalue weighted by Crippen LogP contribution is -2.14. The van der Waals surface area contributed by atoms with Gasteiger partial charge in [0.15, 0.2) is 0 Å². The summed E-state index contributed by atoms with van der Waals surface area (Å²) >= 11 is 0. The van der Waals surface area contributed by atoms with E-state index in [1.807, 2.05) is 36.4 Å². The molecule has 0 atom stereocenters. The van der Waals surface area contributed by atoms with E-state index in [1.54, 1.807) is 12.1 Å². The van der Waals surface area contributed by atoms with E-state index >= 15 is 0 Å². The number of imidazole rings is 2. The zero-order valence-corrected chi connectivity index (χ0v) is 26.7. The molecule has 7 aromatic carbocycles. The van der Waals surface area contributed by atoms with Gasteiger partial charge in [-0.15, -0.1) is 0 Å². The molecule has 2 N–H and O–H groups in total. The Hall–Kier alpha value is -6.06. The van der Waals surface area contributed by atoms with Crippen LogP contribution in [-0.4, -0.2) is 44.7 Å². The highest BCUT2D eigenvalue weighted by atomic mass is 32.2. The second kappa shape index (κ2) is 8.56. The molecule has 4 heterocycles. The number of nitrogens with zero attached hydrogens (tertiary/aromatic N) is 4. The fraction of sp³-hybridized carbons (Fsp3) is 0. The molecule has 14 heteroatoms. The third-order valence-corrected chi connectivity index (χ3v) is 11.8. The number of hydrogen-bond acceptors (Lipinski definition) is 8. The lowest BCUT2D eigenvalue weighted by molar-refractivity contribution is 0.481. The van der Waals surface area contributed by atoms with Crippen LogP contribution < -0.4 is 11.1 Å². The molecule has 0 aliphatic heterocycles. The summed E-state index contributed by atoms with van der Waals surface area (Å²) in [5, 5.41) is 8.78. The van der Waals surface area contributed by atoms with E-state index in [9.17, 15) is 35.5 Å². The first kappa shape index (κ1) is 27.8. The van der Waals surface area contributed by atoms with Crippen molar-refractivity contribution in [2.45, 2.75) is 9.79 Å². The fourth-order valence-electron chi connectivity index (χ4n) is 8.07. The van der Waals surface area contributed by atoms with E-state index in [1.165, 1.54) is 45.2 Å². The molecular formula is C36H16N4O8S2. The summed E-state index contributed by atoms with van der Waals surface area (Å²) in [6, 6.07) is 22.9. The quantitative estimate of drug-likeness (QED) is 0.129. The van der Waals surface area contributed by atoms with Crippen LogP contribution >= 0.6 is 0 Å². The maximum absolute atomic E-state index is 14.1. The van der Waals surface area contributed by atoms with Gasteiger partial charge in [0.25, 0.3) is 31.4 Å². The maximum Gasteiger partial charge on any atom is 0.294 e. The minimum atomic E-state index is -4.49. The summed E-state index contributed by atoms with van der Waals surface area (Å²) in [5.41, 5.74) is 1.37. The topological polar surface area (TPSA) is 177 Å². The van der Waals surface area contributed by atoms with E-state index in [0.717, 1.165) is 32.3 Å². The minimum absolute atomic E-state index is 0.246. The van der Waals surface area contributed by atoms with Gasteiger partial charge in [0.2, 0.25) is 0 Å². The molecule has 4 aromatic heterocycles. The molecule has 240 valence electrons. The van der Waals surface area contributed by atoms with Gasteiger partial charge in [0, 0.05) is 32.3 Å². The van der Waals surface area contributed by atoms with Crippen molar-refractivity contribution in [2.75, 3.05) is 0 Å². The highest BCUT2D eigenvalue weighted by molar-refractivity contribution is 7.86. The molecule has 11 aromatic rings. The maximum atomic E-state index is 14.1. The molecule has 12 nitrogen and oxygen atoms in total. The number of hydrogen-bond donors (Lipinski definition) is 2. The lowest BCUT2D eigenvalue weighted by atomic mass is 9.86. The van der Waals surface area contributed by atoms with E-state index < -0.39 is 20.2 Å². The first-order valence-electron chi connectivity index (χ1n) is 15.2. The Labute approximate surface area is 277 Å². The third kappa shape index (κ3) is 3.21. The Balaban J connectivity index is 1.30. The van der Waals surface area contributed by atoms with E-state index in [-0.39, 0.29) is 31.9 Å². The highest BCUT2D eigenvalue weighted by Gasteiger charge is 2.25. The van der Waals surface area contributed by atoms with Gasteiger partial charge in [-0.3, -0.25) is 27.5 Å². The van der Waals surface area contributed by atoms with Crippen molar-refractivity contribution in [1.29, 1.82) is 0 Å². The Morgan fingerprint density at radius 3 is 1.12 bits per heavy atom. The predicted molar refractivity (Wildman–Crippen MR) is 190 cm³/mol. The lowest BCUT2D eigenvalue weighted by Gasteiger charge is -2.18. The molecule has 0 spiro atoms. The molecule has 11 rings (SSSR count). The Morgan fingerprint density at radius 1 is 0.440 bits per heavy atom. The van der Waals surface area contributed by atoms with Crippen molar-refractivity contribution in [2.24, 2.45) is 0 Å². The van der Waals surface area contributed by atoms with Crippen LogP contribution in [0.4, 0.5) is 0 Å². The van der Waals surface area contributed by atoms with Gasteiger partial charge < -0.3 is 0 Å². The molecule has 0 aliphatic carbocycles. The molecule has 0 fully saturated rings. The molecule has 0 saturated heterocycles. The van der Waals surface area contributed by atoms with Gasteiger partial charge >= 0.3 is 0 Å². The van der Waals surface area contributed by atoms with Crippen molar-refractivity contribution < 1.29 is 25.9 Å². The smallest absolute Gasteiger partial charge is 0.282 e. The minimum Gasteiger partial charge on any atom is -0.282 e. The van der Waals surface area contributed by atoms with E-state index in [0.29, 0.717) is 54.6 Å². The molecule has 0 unspecified atom stereocenters. The molecule has 0 radical (unpaired) electrons. The summed E-state index contributed by atoms with van der Waals surface area (Å²) in [5.74, 6) is 0. The number of fused-ring (bicyclic) bond motifs is 10. The van der Waals surface area contributed by atoms with Crippen LogP contribution in [0.2, 0.25) is 0 Å². The molecular weight excluding hydrogens is 681 g/mol. The SMILES string of the molecule is O=c1c2ccc3c4ccc5c(=O)n6c7ccc(S(=O)(=O)O)cc7nc6c6ccc(c7ccc(c2c37)c2nc3cc(S(=O)(=O)O)ccc3n12)c4c56. The number of rotatable bonds is 2. The first-order chi connectivity index (χ1) is 23.9. The Kier molecular flexibility index (Phi) is 4.77. The zero-order chi connectivity index (χ0) is 34.2. The van der Waals surface area contributed by atoms with Crippen LogP contribution in [-0.2, 0) is 20.2 Å². The molecule has 0 saturated carbocycles. The molecule has 0 bridgehead atoms. The second-order valence-electron chi connectivity index (χ2n) is 12.5. The van der Waals surface area contributed by atoms with Gasteiger partial charge in [-0.25, -0.2) is 9.97 Å². The van der Waals surface area contributed by atoms with Crippen LogP contribution in [0.25, 0.3) is 98.0 Å². The number of benzene rings is 7. The normalized spacial score (nSPS) is 13.5. The van der Waals surface area contributed by atoms with Gasteiger partial charge in [-0.1, -0.05) is 24.3 Å². The Bertz CT molecular complexity index is 3490. The van der Waals surface area contributed by atoms with Gasteiger partial charge in [-0.2, -0.15) is 16.8 Å². The van der Waals surface area contributed by atoms with Gasteiger partial charge in [0.05, 0.1) is 31.9 Å². The number of aromatic nitrogens is 4. The first-order valence-corrected chi connectivity index (χ1v) is 18.1. The van der Waals surface area contributed by atoms with Crippen LogP contribution in [0.1, 0.15) is 0 Å². The summed E-state index contributed by atoms with van der Waals surface area (Å²) in [6.45, 7) is 0. The van der Waals surface area contributed by atoms with Gasteiger partial charge in [0.1, 0.15) is 11.3 Å². The average molecular weight is 697 g/mol. The van der Waals surface area contributed by atoms with E-state index in [4.69, 9.17) is 0 Å². The van der Waals surface area contributed by atoms with Crippen molar-refractivity contribution in [1.82, 2.24) is 18.8 Å². The van der Waals surface area contributed by atoms with Crippen molar-refractivity contribution in [3.8, 4) is 0 Å². The molecule has 0 aliphatic rings. The van der Waals surface area contributed by atoms with Crippen molar-refractivity contribution in [3.05, 3.63) is 106 Å². The standard InChI is InChI=1S/C36H16N4O8S2/c41-35-23-9-5-19-20-6-10-24-32-22(34-38-26-14-16(50(46,47)48)2-12-28(26)40(34)36(24)42)8-4-18(30(20)32)17-3-7-21(31(23)29(17)19)33-37-25-13-15(49(43,44)45)1-11-27(25)39(33)35/h1-14H,(H,43,44,45)(H,46,47,48). The average Bonchev–Trinajstić information content (AvgIpc) is 3.67. The summed E-state index contributed by atoms with van der Waals surface area (Å²) < 4.78 is 69.5. The monoisotopic (exact) mass is 696 g/mol. The largest absolute Gasteiger partial charge is 0.294 e. The van der Waals surface area contributed by atoms with Crippen LogP contribution in [0.15, 0.2) is 104 Å². The Morgan fingerprint density at radius 2 is 0.760 bits per heavy atom. The van der Waals surface area contributed by atoms with E-state index in [2.05, 4.69) is 9.97 Å². The van der Waals surface area contributed by atoms with Gasteiger partial charge in [-0.05, 0) is 93.0 Å². The third-order valence-electron chi connectivity index (χ3n) is 10.1. The second-order valence-corrected chi connectivity index (χ2v) is 15.4. The molecule has 0 amide bonds. The predicted octanol–water partition coefficient (Wildman–Crippen LogP) is 5.73. The van der Waals surface area contributed by atoms with Crippen LogP contribution in [0, 0.1) is 0 Å². The van der Waals surface area contributed by atoms with Crippen molar-refractivity contribution in [3.63, 3.8) is 0 Å². The zero-order valence-electron chi connectivity index (χ0n) is 25.0. The number of pyridine rings is 2. The molecule has 50 heavy (non-hydrogen) atoms. The summed E-state index contributed by atoms with van der Waals surface area (Å²) in [7, 11) is -8.97. The van der Waals surface area contributed by atoms with Crippen molar-refractivity contribution >= 4 is 118 Å².